The van der Waals surface area contributed by atoms with Crippen LogP contribution in [-0.4, -0.2) is 27.5 Å². The number of benzene rings is 2. The zero-order chi connectivity index (χ0) is 27.7. The third-order valence-electron chi connectivity index (χ3n) is 6.33. The lowest BCUT2D eigenvalue weighted by Gasteiger charge is -2.33. The lowest BCUT2D eigenvalue weighted by Crippen LogP contribution is -2.31. The highest BCUT2D eigenvalue weighted by molar-refractivity contribution is 6.31. The molecule has 5 heteroatoms. The van der Waals surface area contributed by atoms with Gasteiger partial charge in [-0.1, -0.05) is 99.2 Å². The first-order chi connectivity index (χ1) is 18.2. The molecule has 0 fully saturated rings. The molecule has 2 N–H and O–H groups in total. The lowest BCUT2D eigenvalue weighted by molar-refractivity contribution is 0.262. The number of fused-ring (bicyclic) bond motifs is 1. The van der Waals surface area contributed by atoms with E-state index in [4.69, 9.17) is 22.3 Å². The molecule has 202 valence electrons. The van der Waals surface area contributed by atoms with Crippen LogP contribution in [0.25, 0.3) is 11.0 Å². The number of hydrogen-bond acceptors (Lipinski definition) is 3. The first kappa shape index (κ1) is 29.5. The van der Waals surface area contributed by atoms with Gasteiger partial charge in [-0.2, -0.15) is 0 Å². The average molecular weight is 531 g/mol. The molecule has 2 aromatic carbocycles. The molecule has 1 aliphatic rings. The number of rotatable bonds is 9. The summed E-state index contributed by atoms with van der Waals surface area (Å²) in [4.78, 5) is 7.41. The number of aromatic nitrogens is 2. The molecule has 0 saturated heterocycles. The molecular weight excluding hydrogens is 488 g/mol. The van der Waals surface area contributed by atoms with Gasteiger partial charge in [-0.3, -0.25) is 0 Å². The van der Waals surface area contributed by atoms with Crippen LogP contribution in [0.2, 0.25) is 5.02 Å². The van der Waals surface area contributed by atoms with Crippen LogP contribution in [0.4, 0.5) is 0 Å². The van der Waals surface area contributed by atoms with Gasteiger partial charge in [0.1, 0.15) is 5.82 Å². The second kappa shape index (κ2) is 14.2. The molecule has 4 nitrogen and oxygen atoms in total. The van der Waals surface area contributed by atoms with Crippen molar-refractivity contribution in [2.24, 2.45) is 11.7 Å². The van der Waals surface area contributed by atoms with Crippen LogP contribution < -0.4 is 5.73 Å². The Kier molecular flexibility index (Phi) is 11.0. The Morgan fingerprint density at radius 3 is 2.50 bits per heavy atom. The molecule has 1 atom stereocenters. The Morgan fingerprint density at radius 2 is 1.82 bits per heavy atom. The quantitative estimate of drug-likeness (QED) is 0.302. The standard InChI is InChI=1S/C29H33ClN4.C4H10/c1-21-9-7-12-25(14-13-21)22(2)33(18-8-17-31)23(3)29-32-27-19-26(30)15-16-28(27)34(29)20-24-10-5-4-6-11-24;1-4(2)3/h4-7,10-16,19,23H,2,8-9,17-18,20,31H2,1,3H3;4H,1-3H3. The highest BCUT2D eigenvalue weighted by atomic mass is 35.5. The van der Waals surface area contributed by atoms with Gasteiger partial charge in [-0.15, -0.1) is 0 Å². The number of halogens is 1. The van der Waals surface area contributed by atoms with E-state index in [1.54, 1.807) is 0 Å². The van der Waals surface area contributed by atoms with E-state index >= 15 is 0 Å². The smallest absolute Gasteiger partial charge is 0.132 e. The van der Waals surface area contributed by atoms with Crippen molar-refractivity contribution < 1.29 is 0 Å². The molecule has 0 radical (unpaired) electrons. The molecule has 38 heavy (non-hydrogen) atoms. The fraction of sp³-hybridized carbons (Fsp3) is 0.364. The second-order valence-electron chi connectivity index (χ2n) is 10.6. The van der Waals surface area contributed by atoms with Gasteiger partial charge >= 0.3 is 0 Å². The maximum atomic E-state index is 6.32. The van der Waals surface area contributed by atoms with Crippen molar-refractivity contribution >= 4 is 22.6 Å². The Morgan fingerprint density at radius 1 is 1.11 bits per heavy atom. The molecule has 0 amide bonds. The molecule has 3 aromatic rings. The second-order valence-corrected chi connectivity index (χ2v) is 11.0. The largest absolute Gasteiger partial charge is 0.362 e. The van der Waals surface area contributed by atoms with Gasteiger partial charge < -0.3 is 15.2 Å². The summed E-state index contributed by atoms with van der Waals surface area (Å²) in [6.45, 7) is 17.5. The highest BCUT2D eigenvalue weighted by Crippen LogP contribution is 2.32. The highest BCUT2D eigenvalue weighted by Gasteiger charge is 2.25. The van der Waals surface area contributed by atoms with Crippen molar-refractivity contribution in [2.45, 2.75) is 60.0 Å². The summed E-state index contributed by atoms with van der Waals surface area (Å²) in [5, 5.41) is 0.691. The molecule has 0 aliphatic heterocycles. The number of imidazole rings is 1. The van der Waals surface area contributed by atoms with Crippen LogP contribution >= 0.6 is 11.6 Å². The normalized spacial score (nSPS) is 13.9. The monoisotopic (exact) mass is 530 g/mol. The molecule has 1 heterocycles. The number of hydrogen-bond donors (Lipinski definition) is 1. The van der Waals surface area contributed by atoms with Gasteiger partial charge in [0.15, 0.2) is 0 Å². The summed E-state index contributed by atoms with van der Waals surface area (Å²) < 4.78 is 2.30. The number of allylic oxidation sites excluding steroid dienone is 5. The van der Waals surface area contributed by atoms with Crippen LogP contribution in [0, 0.1) is 5.92 Å². The summed E-state index contributed by atoms with van der Waals surface area (Å²) in [6, 6.07) is 16.4. The molecule has 1 unspecified atom stereocenters. The van der Waals surface area contributed by atoms with E-state index in [-0.39, 0.29) is 6.04 Å². The molecule has 1 aromatic heterocycles. The molecule has 1 aliphatic carbocycles. The molecule has 4 rings (SSSR count). The first-order valence-corrected chi connectivity index (χ1v) is 14.0. The summed E-state index contributed by atoms with van der Waals surface area (Å²) in [5.41, 5.74) is 12.6. The van der Waals surface area contributed by atoms with E-state index in [1.165, 1.54) is 11.1 Å². The number of nitrogens with zero attached hydrogens (tertiary/aromatic N) is 3. The third kappa shape index (κ3) is 7.96. The minimum absolute atomic E-state index is 0.00318. The predicted molar refractivity (Wildman–Crippen MR) is 164 cm³/mol. The predicted octanol–water partition coefficient (Wildman–Crippen LogP) is 8.46. The minimum atomic E-state index is -0.00318. The van der Waals surface area contributed by atoms with Crippen molar-refractivity contribution in [3.8, 4) is 0 Å². The van der Waals surface area contributed by atoms with E-state index in [1.807, 2.05) is 18.2 Å². The van der Waals surface area contributed by atoms with Crippen molar-refractivity contribution in [2.75, 3.05) is 13.1 Å². The summed E-state index contributed by atoms with van der Waals surface area (Å²) in [5.74, 6) is 1.82. The zero-order valence-corrected chi connectivity index (χ0v) is 24.4. The fourth-order valence-electron chi connectivity index (χ4n) is 4.42. The lowest BCUT2D eigenvalue weighted by atomic mass is 10.1. The van der Waals surface area contributed by atoms with Gasteiger partial charge in [0.25, 0.3) is 0 Å². The molecule has 0 saturated carbocycles. The van der Waals surface area contributed by atoms with Crippen molar-refractivity contribution in [3.63, 3.8) is 0 Å². The van der Waals surface area contributed by atoms with Gasteiger partial charge in [-0.25, -0.2) is 4.98 Å². The van der Waals surface area contributed by atoms with Crippen LogP contribution in [0.3, 0.4) is 0 Å². The topological polar surface area (TPSA) is 47.1 Å². The SMILES string of the molecule is C=C(C1=CC=C(C)CC=C1)N(CCCN)C(C)c1nc2cc(Cl)ccc2n1Cc1ccccc1.CC(C)C. The van der Waals surface area contributed by atoms with Crippen molar-refractivity contribution in [3.05, 3.63) is 113 Å². The van der Waals surface area contributed by atoms with E-state index in [0.717, 1.165) is 60.0 Å². The molecular formula is C33H43ClN4. The Labute approximate surface area is 234 Å². The van der Waals surface area contributed by atoms with Crippen molar-refractivity contribution in [1.82, 2.24) is 14.5 Å². The molecule has 0 spiro atoms. The van der Waals surface area contributed by atoms with E-state index in [9.17, 15) is 0 Å². The maximum absolute atomic E-state index is 6.32. The Hall–Kier alpha value is -3.08. The number of nitrogens with two attached hydrogens (primary N) is 1. The van der Waals surface area contributed by atoms with Crippen molar-refractivity contribution in [1.29, 1.82) is 0 Å². The molecule has 0 bridgehead atoms. The van der Waals surface area contributed by atoms with Gasteiger partial charge in [-0.05, 0) is 68.5 Å². The van der Waals surface area contributed by atoms with E-state index in [2.05, 4.69) is 105 Å². The Bertz CT molecular complexity index is 1290. The zero-order valence-electron chi connectivity index (χ0n) is 23.6. The van der Waals surface area contributed by atoms with Gasteiger partial charge in [0, 0.05) is 23.8 Å². The van der Waals surface area contributed by atoms with E-state index < -0.39 is 0 Å². The minimum Gasteiger partial charge on any atom is -0.362 e. The summed E-state index contributed by atoms with van der Waals surface area (Å²) >= 11 is 6.32. The van der Waals surface area contributed by atoms with Crippen LogP contribution in [0.1, 0.15) is 64.9 Å². The van der Waals surface area contributed by atoms with Crippen LogP contribution in [0.15, 0.2) is 96.3 Å². The van der Waals surface area contributed by atoms with Gasteiger partial charge in [0.05, 0.1) is 17.1 Å². The fourth-order valence-corrected chi connectivity index (χ4v) is 4.59. The van der Waals surface area contributed by atoms with E-state index in [0.29, 0.717) is 11.6 Å². The van der Waals surface area contributed by atoms with Gasteiger partial charge in [0.2, 0.25) is 0 Å². The van der Waals surface area contributed by atoms with Crippen LogP contribution in [-0.2, 0) is 6.54 Å². The van der Waals surface area contributed by atoms with Crippen LogP contribution in [0.5, 0.6) is 0 Å². The first-order valence-electron chi connectivity index (χ1n) is 13.6. The Balaban J connectivity index is 0.000000934. The summed E-state index contributed by atoms with van der Waals surface area (Å²) in [6.07, 6.45) is 10.5. The third-order valence-corrected chi connectivity index (χ3v) is 6.57. The maximum Gasteiger partial charge on any atom is 0.132 e. The average Bonchev–Trinajstić information content (AvgIpc) is 3.07. The summed E-state index contributed by atoms with van der Waals surface area (Å²) in [7, 11) is 0.